The van der Waals surface area contributed by atoms with Crippen LogP contribution in [-0.4, -0.2) is 110 Å². The van der Waals surface area contributed by atoms with E-state index in [2.05, 4.69) is 34.7 Å². The van der Waals surface area contributed by atoms with E-state index in [0.29, 0.717) is 48.7 Å². The molecule has 0 radical (unpaired) electrons. The van der Waals surface area contributed by atoms with Gasteiger partial charge in [-0.15, -0.1) is 0 Å². The van der Waals surface area contributed by atoms with Gasteiger partial charge in [0.1, 0.15) is 24.8 Å². The number of amides is 4. The number of hydrogen-bond donors (Lipinski definition) is 6. The molecule has 16 heteroatoms. The molecule has 3 rings (SSSR count). The van der Waals surface area contributed by atoms with Crippen LogP contribution in [0.2, 0.25) is 0 Å². The van der Waals surface area contributed by atoms with Crippen LogP contribution in [0.25, 0.3) is 0 Å². The summed E-state index contributed by atoms with van der Waals surface area (Å²) in [5, 5.41) is 47.0. The molecule has 4 atom stereocenters. The van der Waals surface area contributed by atoms with E-state index in [1.54, 1.807) is 0 Å². The molecule has 1 fully saturated rings. The minimum absolute atomic E-state index is 0.0107. The van der Waals surface area contributed by atoms with Gasteiger partial charge < -0.3 is 30.3 Å². The highest BCUT2D eigenvalue weighted by atomic mass is 16.5. The van der Waals surface area contributed by atoms with Gasteiger partial charge in [-0.05, 0) is 90.2 Å². The summed E-state index contributed by atoms with van der Waals surface area (Å²) in [6.07, 6.45) is 15.2. The summed E-state index contributed by atoms with van der Waals surface area (Å²) >= 11 is 0. The van der Waals surface area contributed by atoms with E-state index >= 15 is 0 Å². The van der Waals surface area contributed by atoms with Crippen molar-refractivity contribution >= 4 is 35.5 Å². The Morgan fingerprint density at radius 1 is 1.05 bits per heavy atom. The summed E-state index contributed by atoms with van der Waals surface area (Å²) in [6, 6.07) is 2.10. The lowest BCUT2D eigenvalue weighted by Crippen LogP contribution is -2.52. The van der Waals surface area contributed by atoms with E-state index in [1.165, 1.54) is 64.2 Å². The van der Waals surface area contributed by atoms with Crippen LogP contribution in [0.5, 0.6) is 11.5 Å². The molecule has 0 unspecified atom stereocenters. The first-order valence-electron chi connectivity index (χ1n) is 20.4. The second-order valence-corrected chi connectivity index (χ2v) is 15.1. The number of phenolic OH excluding ortho intramolecular Hbond substituents is 2. The molecule has 2 aliphatic heterocycles. The van der Waals surface area contributed by atoms with Crippen molar-refractivity contribution in [2.24, 2.45) is 4.99 Å². The SMILES string of the molecule is CCCCCCCC/C=C\CCCC(=O)N(O)CCCC[C@H](NC(=O)[C@]1(C)COC(c2cccc(O)c2O)=N1)C(=O)O[C@H](C)CC(=O)N[C@@H]1CCCCN(O)C1=O. The maximum Gasteiger partial charge on any atom is 0.328 e. The van der Waals surface area contributed by atoms with Gasteiger partial charge in [-0.3, -0.25) is 29.6 Å². The van der Waals surface area contributed by atoms with Gasteiger partial charge in [0.25, 0.3) is 11.8 Å². The largest absolute Gasteiger partial charge is 0.504 e. The average molecular weight is 802 g/mol. The number of allylic oxidation sites excluding steroid dienone is 2. The van der Waals surface area contributed by atoms with Crippen LogP contribution in [0.15, 0.2) is 35.3 Å². The Morgan fingerprint density at radius 3 is 2.53 bits per heavy atom. The maximum atomic E-state index is 13.6. The smallest absolute Gasteiger partial charge is 0.328 e. The number of aliphatic imine (C=N–C) groups is 1. The van der Waals surface area contributed by atoms with Crippen LogP contribution in [-0.2, 0) is 33.4 Å². The molecule has 0 bridgehead atoms. The Labute approximate surface area is 335 Å². The number of aromatic hydroxyl groups is 2. The van der Waals surface area contributed by atoms with Gasteiger partial charge in [-0.25, -0.2) is 19.9 Å². The summed E-state index contributed by atoms with van der Waals surface area (Å²) in [6.45, 7) is 5.13. The van der Waals surface area contributed by atoms with Crippen LogP contribution in [0.4, 0.5) is 0 Å². The molecule has 0 aliphatic carbocycles. The zero-order valence-corrected chi connectivity index (χ0v) is 33.7. The van der Waals surface area contributed by atoms with Crippen molar-refractivity contribution in [3.8, 4) is 11.5 Å². The van der Waals surface area contributed by atoms with Gasteiger partial charge in [0.15, 0.2) is 17.0 Å². The Bertz CT molecular complexity index is 1550. The Hall–Kier alpha value is -4.70. The lowest BCUT2D eigenvalue weighted by Gasteiger charge is -2.25. The van der Waals surface area contributed by atoms with E-state index in [0.717, 1.165) is 19.3 Å². The molecule has 6 N–H and O–H groups in total. The number of nitrogens with zero attached hydrogens (tertiary/aromatic N) is 3. The summed E-state index contributed by atoms with van der Waals surface area (Å²) in [5.41, 5.74) is -1.45. The molecule has 318 valence electrons. The van der Waals surface area contributed by atoms with Crippen molar-refractivity contribution in [2.75, 3.05) is 19.7 Å². The summed E-state index contributed by atoms with van der Waals surface area (Å²) in [7, 11) is 0. The van der Waals surface area contributed by atoms with Crippen molar-refractivity contribution in [1.82, 2.24) is 20.8 Å². The minimum Gasteiger partial charge on any atom is -0.504 e. The molecule has 16 nitrogen and oxygen atoms in total. The van der Waals surface area contributed by atoms with Crippen LogP contribution in [0.1, 0.15) is 135 Å². The number of nitrogens with one attached hydrogen (secondary N) is 2. The number of carbonyl (C=O) groups excluding carboxylic acids is 5. The van der Waals surface area contributed by atoms with Gasteiger partial charge >= 0.3 is 5.97 Å². The number of phenols is 2. The molecule has 0 saturated carbocycles. The number of para-hydroxylation sites is 1. The van der Waals surface area contributed by atoms with Gasteiger partial charge in [0.2, 0.25) is 17.7 Å². The Morgan fingerprint density at radius 2 is 1.77 bits per heavy atom. The molecular weight excluding hydrogens is 738 g/mol. The van der Waals surface area contributed by atoms with Crippen molar-refractivity contribution in [3.63, 3.8) is 0 Å². The molecule has 1 aromatic carbocycles. The number of unbranched alkanes of at least 4 members (excludes halogenated alkanes) is 8. The third-order valence-corrected chi connectivity index (χ3v) is 10.0. The molecule has 2 heterocycles. The molecule has 57 heavy (non-hydrogen) atoms. The first-order chi connectivity index (χ1) is 27.2. The first kappa shape index (κ1) is 46.7. The predicted molar refractivity (Wildman–Crippen MR) is 210 cm³/mol. The predicted octanol–water partition coefficient (Wildman–Crippen LogP) is 5.19. The van der Waals surface area contributed by atoms with Crippen molar-refractivity contribution in [1.29, 1.82) is 0 Å². The van der Waals surface area contributed by atoms with Crippen LogP contribution in [0.3, 0.4) is 0 Å². The molecule has 4 amide bonds. The van der Waals surface area contributed by atoms with Crippen LogP contribution in [0, 0.1) is 0 Å². The minimum atomic E-state index is -1.53. The summed E-state index contributed by atoms with van der Waals surface area (Å²) in [4.78, 5) is 69.2. The second kappa shape index (κ2) is 24.2. The standard InChI is InChI=1S/C41H63N5O11/c1-4-5-6-7-8-9-10-11-12-13-14-24-35(49)45(54)25-17-16-22-32(39(52)57-29(2)27-34(48)42-31-21-15-18-26-46(55)38(31)51)43-40(53)41(3)28-56-37(44-41)30-20-19-23-33(47)36(30)50/h11-12,19-20,23,29,31-32,47,50,54-55H,4-10,13-18,21-22,24-28H2,1-3H3,(H,42,48)(H,43,53)/b12-11-/t29-,31-,32+,41+/m1/s1. The fourth-order valence-electron chi connectivity index (χ4n) is 6.53. The van der Waals surface area contributed by atoms with Crippen molar-refractivity contribution in [2.45, 2.75) is 154 Å². The lowest BCUT2D eigenvalue weighted by atomic mass is 10.0. The van der Waals surface area contributed by atoms with E-state index in [1.807, 2.05) is 0 Å². The number of hydrogen-bond acceptors (Lipinski definition) is 12. The lowest BCUT2D eigenvalue weighted by molar-refractivity contribution is -0.167. The zero-order chi connectivity index (χ0) is 41.8. The van der Waals surface area contributed by atoms with Crippen molar-refractivity contribution < 1.29 is 54.1 Å². The first-order valence-corrected chi connectivity index (χ1v) is 20.4. The monoisotopic (exact) mass is 801 g/mol. The zero-order valence-electron chi connectivity index (χ0n) is 33.7. The highest BCUT2D eigenvalue weighted by Crippen LogP contribution is 2.32. The Kier molecular flexibility index (Phi) is 19.8. The van der Waals surface area contributed by atoms with Crippen LogP contribution < -0.4 is 10.6 Å². The normalized spacial score (nSPS) is 19.3. The summed E-state index contributed by atoms with van der Waals surface area (Å²) in [5.74, 6) is -4.05. The summed E-state index contributed by atoms with van der Waals surface area (Å²) < 4.78 is 11.2. The fourth-order valence-corrected chi connectivity index (χ4v) is 6.53. The van der Waals surface area contributed by atoms with Crippen molar-refractivity contribution in [3.05, 3.63) is 35.9 Å². The number of benzene rings is 1. The van der Waals surface area contributed by atoms with E-state index in [-0.39, 0.29) is 50.4 Å². The van der Waals surface area contributed by atoms with E-state index in [9.17, 15) is 44.6 Å². The Balaban J connectivity index is 1.55. The molecular formula is C41H63N5O11. The van der Waals surface area contributed by atoms with Gasteiger partial charge in [0, 0.05) is 19.5 Å². The fraction of sp³-hybridized carbons (Fsp3) is 0.659. The third kappa shape index (κ3) is 15.6. The second-order valence-electron chi connectivity index (χ2n) is 15.1. The maximum absolute atomic E-state index is 13.6. The molecule has 1 saturated heterocycles. The van der Waals surface area contributed by atoms with Crippen LogP contribution >= 0.6 is 0 Å². The number of rotatable bonds is 24. The van der Waals surface area contributed by atoms with Gasteiger partial charge in [0.05, 0.1) is 12.0 Å². The van der Waals surface area contributed by atoms with Gasteiger partial charge in [-0.1, -0.05) is 57.2 Å². The topological polar surface area (TPSA) is 228 Å². The highest BCUT2D eigenvalue weighted by molar-refractivity contribution is 6.02. The third-order valence-electron chi connectivity index (χ3n) is 10.0. The molecule has 0 spiro atoms. The molecule has 1 aromatic rings. The van der Waals surface area contributed by atoms with E-state index < -0.39 is 64.8 Å². The highest BCUT2D eigenvalue weighted by Gasteiger charge is 2.42. The number of hydroxylamine groups is 4. The van der Waals surface area contributed by atoms with E-state index in [4.69, 9.17) is 9.47 Å². The quantitative estimate of drug-likeness (QED) is 0.0199. The number of carbonyl (C=O) groups is 5. The molecule has 0 aromatic heterocycles. The molecule has 2 aliphatic rings. The van der Waals surface area contributed by atoms with Gasteiger partial charge in [-0.2, -0.15) is 0 Å². The average Bonchev–Trinajstić information content (AvgIpc) is 3.51. The number of esters is 1. The number of ether oxygens (including phenoxy) is 2.